The summed E-state index contributed by atoms with van der Waals surface area (Å²) in [5.74, 6) is -0.401. The fourth-order valence-corrected chi connectivity index (χ4v) is 5.02. The average Bonchev–Trinajstić information content (AvgIpc) is 3.11. The molecule has 1 saturated heterocycles. The molecule has 0 bridgehead atoms. The number of rotatable bonds is 4. The quantitative estimate of drug-likeness (QED) is 0.738. The smallest absolute Gasteiger partial charge is 0.280 e. The van der Waals surface area contributed by atoms with E-state index in [2.05, 4.69) is 10.0 Å². The van der Waals surface area contributed by atoms with E-state index < -0.39 is 34.3 Å². The highest BCUT2D eigenvalue weighted by molar-refractivity contribution is 7.87. The second-order valence-electron chi connectivity index (χ2n) is 6.25. The minimum absolute atomic E-state index is 0.332. The molecular formula is C17H21N3O4S2. The van der Waals surface area contributed by atoms with Crippen molar-refractivity contribution in [1.29, 1.82) is 0 Å². The number of carbonyl (C=O) groups excluding carboxylic acids is 1. The van der Waals surface area contributed by atoms with Gasteiger partial charge in [0.05, 0.1) is 12.1 Å². The lowest BCUT2D eigenvalue weighted by molar-refractivity contribution is -0.120. The Kier molecular flexibility index (Phi) is 5.44. The molecule has 2 heterocycles. The van der Waals surface area contributed by atoms with Crippen LogP contribution in [0.5, 0.6) is 0 Å². The van der Waals surface area contributed by atoms with Gasteiger partial charge < -0.3 is 10.4 Å². The van der Waals surface area contributed by atoms with Gasteiger partial charge in [0.1, 0.15) is 6.04 Å². The zero-order chi connectivity index (χ0) is 18.9. The topological polar surface area (TPSA) is 98.7 Å². The number of hydrogen-bond donors (Lipinski definition) is 3. The van der Waals surface area contributed by atoms with Crippen LogP contribution in [0.3, 0.4) is 0 Å². The van der Waals surface area contributed by atoms with Gasteiger partial charge in [-0.3, -0.25) is 4.79 Å². The highest BCUT2D eigenvalue weighted by atomic mass is 32.2. The molecule has 7 nitrogen and oxygen atoms in total. The minimum Gasteiger partial charge on any atom is -0.389 e. The van der Waals surface area contributed by atoms with E-state index in [1.807, 2.05) is 17.5 Å². The monoisotopic (exact) mass is 395 g/mol. The largest absolute Gasteiger partial charge is 0.389 e. The molecule has 0 radical (unpaired) electrons. The number of aliphatic hydroxyl groups is 1. The zero-order valence-corrected chi connectivity index (χ0v) is 16.0. The molecule has 26 heavy (non-hydrogen) atoms. The first kappa shape index (κ1) is 19.0. The fraction of sp³-hybridized carbons (Fsp3) is 0.353. The molecule has 1 aliphatic rings. The number of carbonyl (C=O) groups is 1. The van der Waals surface area contributed by atoms with E-state index in [0.717, 1.165) is 9.18 Å². The minimum atomic E-state index is -3.76. The Morgan fingerprint density at radius 3 is 2.81 bits per heavy atom. The summed E-state index contributed by atoms with van der Waals surface area (Å²) in [5, 5.41) is 14.3. The molecule has 3 atom stereocenters. The maximum Gasteiger partial charge on any atom is 0.280 e. The normalized spacial score (nSPS) is 24.1. The number of benzene rings is 1. The highest BCUT2D eigenvalue weighted by Gasteiger charge is 2.40. The lowest BCUT2D eigenvalue weighted by Gasteiger charge is -2.35. The van der Waals surface area contributed by atoms with Gasteiger partial charge in [-0.05, 0) is 42.5 Å². The Labute approximate surface area is 156 Å². The molecule has 0 unspecified atom stereocenters. The molecule has 9 heteroatoms. The number of aliphatic hydroxyl groups excluding tert-OH is 1. The Hall–Kier alpha value is -1.78. The molecule has 0 saturated carbocycles. The summed E-state index contributed by atoms with van der Waals surface area (Å²) in [6.07, 6.45) is -0.324. The molecule has 1 aromatic carbocycles. The summed E-state index contributed by atoms with van der Waals surface area (Å²) in [6, 6.07) is 9.31. The van der Waals surface area contributed by atoms with E-state index in [-0.39, 0.29) is 0 Å². The van der Waals surface area contributed by atoms with Gasteiger partial charge in [0.15, 0.2) is 0 Å². The van der Waals surface area contributed by atoms with E-state index in [4.69, 9.17) is 0 Å². The molecule has 3 rings (SSSR count). The van der Waals surface area contributed by atoms with Crippen LogP contribution in [0.1, 0.15) is 35.9 Å². The van der Waals surface area contributed by atoms with Crippen LogP contribution in [0, 0.1) is 0 Å². The highest BCUT2D eigenvalue weighted by Crippen LogP contribution is 2.31. The van der Waals surface area contributed by atoms with Crippen LogP contribution in [0.15, 0.2) is 41.8 Å². The van der Waals surface area contributed by atoms with Gasteiger partial charge in [0, 0.05) is 17.6 Å². The summed E-state index contributed by atoms with van der Waals surface area (Å²) < 4.78 is 28.5. The predicted octanol–water partition coefficient (Wildman–Crippen LogP) is 2.02. The lowest BCUT2D eigenvalue weighted by atomic mass is 10.0. The van der Waals surface area contributed by atoms with E-state index in [0.29, 0.717) is 17.7 Å². The fourth-order valence-electron chi connectivity index (χ4n) is 2.89. The maximum absolute atomic E-state index is 12.8. The molecule has 1 amide bonds. The number of nitrogens with zero attached hydrogens (tertiary/aromatic N) is 1. The van der Waals surface area contributed by atoms with Gasteiger partial charge in [-0.25, -0.2) is 0 Å². The van der Waals surface area contributed by atoms with Gasteiger partial charge >= 0.3 is 0 Å². The molecular weight excluding hydrogens is 374 g/mol. The van der Waals surface area contributed by atoms with Crippen molar-refractivity contribution in [3.05, 3.63) is 52.2 Å². The summed E-state index contributed by atoms with van der Waals surface area (Å²) in [4.78, 5) is 13.6. The molecule has 1 fully saturated rings. The maximum atomic E-state index is 12.8. The van der Waals surface area contributed by atoms with E-state index in [1.54, 1.807) is 31.2 Å². The Balaban J connectivity index is 1.81. The standard InChI is InChI=1S/C17H21N3O4S2/c1-11(21)12-5-3-6-13(9-12)18-17(22)15-10-14(16-7-4-8-25-16)19-26(23,24)20(15)2/h3-9,11,14-15,19,21H,10H2,1-2H3,(H,18,22)/t11-,14-,15+/m0/s1. The Morgan fingerprint density at radius 2 is 2.15 bits per heavy atom. The number of nitrogens with one attached hydrogen (secondary N) is 2. The van der Waals surface area contributed by atoms with Crippen molar-refractivity contribution >= 4 is 33.1 Å². The van der Waals surface area contributed by atoms with Gasteiger partial charge in [-0.2, -0.15) is 17.4 Å². The second-order valence-corrected chi connectivity index (χ2v) is 8.99. The van der Waals surface area contributed by atoms with Crippen LogP contribution in [-0.2, 0) is 15.0 Å². The average molecular weight is 396 g/mol. The van der Waals surface area contributed by atoms with Crippen LogP contribution in [0.4, 0.5) is 5.69 Å². The van der Waals surface area contributed by atoms with Crippen LogP contribution in [0.2, 0.25) is 0 Å². The molecule has 0 aliphatic carbocycles. The zero-order valence-electron chi connectivity index (χ0n) is 14.4. The van der Waals surface area contributed by atoms with E-state index in [9.17, 15) is 18.3 Å². The van der Waals surface area contributed by atoms with Crippen molar-refractivity contribution in [3.8, 4) is 0 Å². The SMILES string of the molecule is C[C@H](O)c1cccc(NC(=O)[C@H]2C[C@@H](c3cccs3)NS(=O)(=O)N2C)c1. The van der Waals surface area contributed by atoms with Crippen molar-refractivity contribution in [3.63, 3.8) is 0 Å². The number of likely N-dealkylation sites (N-methyl/N-ethyl adjacent to an activating group) is 1. The number of thiophene rings is 1. The summed E-state index contributed by atoms with van der Waals surface area (Å²) >= 11 is 1.45. The van der Waals surface area contributed by atoms with Crippen molar-refractivity contribution in [2.24, 2.45) is 0 Å². The molecule has 2 aromatic rings. The van der Waals surface area contributed by atoms with Crippen LogP contribution in [-0.4, -0.2) is 36.8 Å². The van der Waals surface area contributed by atoms with E-state index >= 15 is 0 Å². The van der Waals surface area contributed by atoms with Crippen molar-refractivity contribution in [2.75, 3.05) is 12.4 Å². The van der Waals surface area contributed by atoms with Crippen LogP contribution < -0.4 is 10.0 Å². The van der Waals surface area contributed by atoms with Crippen molar-refractivity contribution in [1.82, 2.24) is 9.03 Å². The van der Waals surface area contributed by atoms with Gasteiger partial charge in [-0.15, -0.1) is 11.3 Å². The van der Waals surface area contributed by atoms with E-state index in [1.165, 1.54) is 18.4 Å². The van der Waals surface area contributed by atoms with Crippen LogP contribution in [0.25, 0.3) is 0 Å². The summed E-state index contributed by atoms with van der Waals surface area (Å²) in [5.41, 5.74) is 1.19. The third-order valence-electron chi connectivity index (χ3n) is 4.39. The predicted molar refractivity (Wildman–Crippen MR) is 101 cm³/mol. The first-order valence-electron chi connectivity index (χ1n) is 8.15. The number of hydrogen-bond acceptors (Lipinski definition) is 5. The van der Waals surface area contributed by atoms with Crippen molar-refractivity contribution in [2.45, 2.75) is 31.5 Å². The summed E-state index contributed by atoms with van der Waals surface area (Å²) in [6.45, 7) is 1.64. The van der Waals surface area contributed by atoms with Crippen molar-refractivity contribution < 1.29 is 18.3 Å². The molecule has 1 aromatic heterocycles. The molecule has 140 valence electrons. The lowest BCUT2D eigenvalue weighted by Crippen LogP contribution is -2.55. The number of anilines is 1. The van der Waals surface area contributed by atoms with Gasteiger partial charge in [-0.1, -0.05) is 18.2 Å². The first-order chi connectivity index (χ1) is 12.3. The number of amides is 1. The van der Waals surface area contributed by atoms with Gasteiger partial charge in [0.25, 0.3) is 10.2 Å². The molecule has 3 N–H and O–H groups in total. The third-order valence-corrected chi connectivity index (χ3v) is 6.98. The summed E-state index contributed by atoms with van der Waals surface area (Å²) in [7, 11) is -2.36. The second kappa shape index (κ2) is 7.45. The Bertz CT molecular complexity index is 881. The third kappa shape index (κ3) is 3.97. The molecule has 1 aliphatic heterocycles. The van der Waals surface area contributed by atoms with Gasteiger partial charge in [0.2, 0.25) is 5.91 Å². The van der Waals surface area contributed by atoms with Crippen LogP contribution >= 0.6 is 11.3 Å². The first-order valence-corrected chi connectivity index (χ1v) is 10.5. The molecule has 0 spiro atoms. The Morgan fingerprint density at radius 1 is 1.38 bits per heavy atom.